The molecule has 0 spiro atoms. The minimum Gasteiger partial charge on any atom is -0.454 e. The van der Waals surface area contributed by atoms with Gasteiger partial charge in [-0.1, -0.05) is 6.07 Å². The fourth-order valence-electron chi connectivity index (χ4n) is 4.04. The van der Waals surface area contributed by atoms with Gasteiger partial charge in [-0.2, -0.15) is 9.49 Å². The number of aromatic amines is 1. The lowest BCUT2D eigenvalue weighted by atomic mass is 10.1. The van der Waals surface area contributed by atoms with Crippen LogP contribution in [-0.2, 0) is 10.0 Å². The maximum atomic E-state index is 14.4. The highest BCUT2D eigenvalue weighted by atomic mass is 32.2. The van der Waals surface area contributed by atoms with Gasteiger partial charge >= 0.3 is 0 Å². The molecule has 2 aromatic heterocycles. The molecule has 4 N–H and O–H groups in total. The zero-order chi connectivity index (χ0) is 28.1. The van der Waals surface area contributed by atoms with Crippen molar-refractivity contribution in [2.24, 2.45) is 0 Å². The third-order valence-corrected chi connectivity index (χ3v) is 6.43. The maximum absolute atomic E-state index is 14.4. The molecule has 5 aromatic rings. The SMILES string of the molecule is Cc1cc(Oc2cccc(F)c2F)ccc1-n1ncc(C(=O)c2cc3cc(F)c(NS(C)(=O)=O)cc3[nH]2)c1N. The third-order valence-electron chi connectivity index (χ3n) is 5.84. The number of halogens is 3. The predicted octanol–water partition coefficient (Wildman–Crippen LogP) is 5.06. The molecule has 0 fully saturated rings. The Morgan fingerprint density at radius 3 is 2.56 bits per heavy atom. The number of aromatic nitrogens is 3. The monoisotopic (exact) mass is 555 g/mol. The van der Waals surface area contributed by atoms with Crippen LogP contribution in [0.5, 0.6) is 11.5 Å². The summed E-state index contributed by atoms with van der Waals surface area (Å²) in [5.74, 6) is -3.47. The Labute approximate surface area is 220 Å². The number of ketones is 1. The quantitative estimate of drug-likeness (QED) is 0.241. The average Bonchev–Trinajstić information content (AvgIpc) is 3.44. The van der Waals surface area contributed by atoms with Gasteiger partial charge in [0.15, 0.2) is 11.6 Å². The van der Waals surface area contributed by atoms with Gasteiger partial charge in [0, 0.05) is 10.9 Å². The predicted molar refractivity (Wildman–Crippen MR) is 139 cm³/mol. The largest absolute Gasteiger partial charge is 0.454 e. The van der Waals surface area contributed by atoms with E-state index in [1.807, 2.05) is 0 Å². The van der Waals surface area contributed by atoms with Crippen molar-refractivity contribution in [1.82, 2.24) is 14.8 Å². The van der Waals surface area contributed by atoms with Crippen LogP contribution in [0.2, 0.25) is 0 Å². The van der Waals surface area contributed by atoms with Crippen molar-refractivity contribution < 1.29 is 31.1 Å². The summed E-state index contributed by atoms with van der Waals surface area (Å²) < 4.78 is 73.7. The number of carbonyl (C=O) groups excluding carboxylic acids is 1. The summed E-state index contributed by atoms with van der Waals surface area (Å²) in [5.41, 5.74) is 7.61. The van der Waals surface area contributed by atoms with Gasteiger partial charge in [-0.3, -0.25) is 9.52 Å². The molecular weight excluding hydrogens is 535 g/mol. The van der Waals surface area contributed by atoms with E-state index < -0.39 is 33.3 Å². The van der Waals surface area contributed by atoms with Gasteiger partial charge in [0.25, 0.3) is 0 Å². The molecule has 0 aliphatic rings. The highest BCUT2D eigenvalue weighted by Crippen LogP contribution is 2.30. The van der Waals surface area contributed by atoms with E-state index >= 15 is 0 Å². The number of nitrogens with one attached hydrogen (secondary N) is 2. The number of aryl methyl sites for hydroxylation is 1. The van der Waals surface area contributed by atoms with Crippen LogP contribution in [-0.4, -0.2) is 35.2 Å². The van der Waals surface area contributed by atoms with Crippen LogP contribution < -0.4 is 15.2 Å². The number of hydrogen-bond acceptors (Lipinski definition) is 6. The summed E-state index contributed by atoms with van der Waals surface area (Å²) in [5, 5.41) is 4.57. The van der Waals surface area contributed by atoms with Crippen molar-refractivity contribution in [3.05, 3.63) is 95.1 Å². The van der Waals surface area contributed by atoms with Crippen molar-refractivity contribution in [1.29, 1.82) is 0 Å². The molecule has 2 heterocycles. The van der Waals surface area contributed by atoms with Gasteiger partial charge in [-0.15, -0.1) is 0 Å². The van der Waals surface area contributed by atoms with E-state index in [1.165, 1.54) is 41.2 Å². The molecule has 200 valence electrons. The number of hydrogen-bond donors (Lipinski definition) is 3. The van der Waals surface area contributed by atoms with E-state index in [2.05, 4.69) is 14.8 Å². The number of nitrogens with zero attached hydrogens (tertiary/aromatic N) is 2. The van der Waals surface area contributed by atoms with Crippen LogP contribution in [0.4, 0.5) is 24.7 Å². The lowest BCUT2D eigenvalue weighted by molar-refractivity contribution is 0.103. The molecule has 0 unspecified atom stereocenters. The van der Waals surface area contributed by atoms with Crippen molar-refractivity contribution in [2.75, 3.05) is 16.7 Å². The number of fused-ring (bicyclic) bond motifs is 1. The number of ether oxygens (including phenoxy) is 1. The summed E-state index contributed by atoms with van der Waals surface area (Å²) >= 11 is 0. The number of nitrogen functional groups attached to an aromatic ring is 1. The van der Waals surface area contributed by atoms with Crippen LogP contribution in [0.3, 0.4) is 0 Å². The minimum absolute atomic E-state index is 0.0252. The Morgan fingerprint density at radius 2 is 1.85 bits per heavy atom. The van der Waals surface area contributed by atoms with Crippen LogP contribution in [0.1, 0.15) is 21.6 Å². The van der Waals surface area contributed by atoms with E-state index in [-0.39, 0.29) is 34.3 Å². The normalized spacial score (nSPS) is 11.6. The molecule has 0 aliphatic heterocycles. The fourth-order valence-corrected chi connectivity index (χ4v) is 4.60. The molecule has 39 heavy (non-hydrogen) atoms. The second kappa shape index (κ2) is 9.51. The Morgan fingerprint density at radius 1 is 1.08 bits per heavy atom. The number of sulfonamides is 1. The number of carbonyl (C=O) groups is 1. The smallest absolute Gasteiger partial charge is 0.229 e. The number of anilines is 2. The van der Waals surface area contributed by atoms with E-state index in [1.54, 1.807) is 19.1 Å². The van der Waals surface area contributed by atoms with Crippen molar-refractivity contribution >= 4 is 38.2 Å². The van der Waals surface area contributed by atoms with Gasteiger partial charge in [0.1, 0.15) is 17.4 Å². The molecule has 13 heteroatoms. The van der Waals surface area contributed by atoms with Gasteiger partial charge in [0.05, 0.1) is 35.1 Å². The molecule has 0 bridgehead atoms. The first-order valence-electron chi connectivity index (χ1n) is 11.3. The van der Waals surface area contributed by atoms with E-state index in [0.29, 0.717) is 22.2 Å². The first kappa shape index (κ1) is 25.9. The summed E-state index contributed by atoms with van der Waals surface area (Å²) in [6, 6.07) is 12.1. The average molecular weight is 556 g/mol. The standard InChI is InChI=1S/C26H20F3N5O4S/c1-13-8-15(38-23-5-3-4-17(27)24(23)29)6-7-22(13)34-26(30)16(12-31-34)25(35)21-10-14-9-18(28)20(11-19(14)32-21)33-39(2,36)37/h3-12,32-33H,30H2,1-2H3. The van der Waals surface area contributed by atoms with Gasteiger partial charge in [-0.25, -0.2) is 21.9 Å². The van der Waals surface area contributed by atoms with Gasteiger partial charge < -0.3 is 15.5 Å². The Kier molecular flexibility index (Phi) is 6.30. The molecule has 3 aromatic carbocycles. The number of benzene rings is 3. The zero-order valence-corrected chi connectivity index (χ0v) is 21.2. The summed E-state index contributed by atoms with van der Waals surface area (Å²) in [7, 11) is -3.71. The molecule has 0 saturated heterocycles. The van der Waals surface area contributed by atoms with E-state index in [4.69, 9.17) is 10.5 Å². The maximum Gasteiger partial charge on any atom is 0.229 e. The molecule has 9 nitrogen and oxygen atoms in total. The number of H-pyrrole nitrogens is 1. The second-order valence-corrected chi connectivity index (χ2v) is 10.5. The Balaban J connectivity index is 1.43. The lowest BCUT2D eigenvalue weighted by Gasteiger charge is -2.12. The van der Waals surface area contributed by atoms with Gasteiger partial charge in [-0.05, 0) is 61.0 Å². The summed E-state index contributed by atoms with van der Waals surface area (Å²) in [6.45, 7) is 1.72. The second-order valence-electron chi connectivity index (χ2n) is 8.76. The zero-order valence-electron chi connectivity index (χ0n) is 20.4. The summed E-state index contributed by atoms with van der Waals surface area (Å²) in [4.78, 5) is 16.1. The molecular formula is C26H20F3N5O4S. The first-order valence-corrected chi connectivity index (χ1v) is 13.2. The van der Waals surface area contributed by atoms with Crippen LogP contribution in [0.25, 0.3) is 16.6 Å². The highest BCUT2D eigenvalue weighted by molar-refractivity contribution is 7.92. The number of nitrogens with two attached hydrogens (primary N) is 1. The molecule has 0 aliphatic carbocycles. The minimum atomic E-state index is -3.71. The lowest BCUT2D eigenvalue weighted by Crippen LogP contribution is -2.10. The Bertz CT molecular complexity index is 1880. The van der Waals surface area contributed by atoms with Crippen LogP contribution >= 0.6 is 0 Å². The third kappa shape index (κ3) is 5.03. The van der Waals surface area contributed by atoms with E-state index in [0.717, 1.165) is 18.4 Å². The summed E-state index contributed by atoms with van der Waals surface area (Å²) in [6.07, 6.45) is 2.18. The van der Waals surface area contributed by atoms with Crippen LogP contribution in [0, 0.1) is 24.4 Å². The molecule has 0 radical (unpaired) electrons. The molecule has 0 saturated carbocycles. The fraction of sp³-hybridized carbons (Fsp3) is 0.0769. The Hall–Kier alpha value is -4.78. The molecule has 0 atom stereocenters. The molecule has 0 amide bonds. The van der Waals surface area contributed by atoms with Crippen LogP contribution in [0.15, 0.2) is 60.8 Å². The first-order chi connectivity index (χ1) is 18.4. The number of rotatable bonds is 7. The highest BCUT2D eigenvalue weighted by Gasteiger charge is 2.21. The van der Waals surface area contributed by atoms with E-state index in [9.17, 15) is 26.4 Å². The molecule has 5 rings (SSSR count). The van der Waals surface area contributed by atoms with Crippen molar-refractivity contribution in [2.45, 2.75) is 6.92 Å². The van der Waals surface area contributed by atoms with Crippen molar-refractivity contribution in [3.8, 4) is 17.2 Å². The van der Waals surface area contributed by atoms with Gasteiger partial charge in [0.2, 0.25) is 21.6 Å². The topological polar surface area (TPSA) is 132 Å². The van der Waals surface area contributed by atoms with Crippen molar-refractivity contribution in [3.63, 3.8) is 0 Å².